The normalized spacial score (nSPS) is 28.9. The van der Waals surface area contributed by atoms with Gasteiger partial charge in [0.2, 0.25) is 0 Å². The lowest BCUT2D eigenvalue weighted by atomic mass is 9.91. The van der Waals surface area contributed by atoms with Crippen molar-refractivity contribution in [3.8, 4) is 0 Å². The van der Waals surface area contributed by atoms with Crippen LogP contribution in [0, 0.1) is 18.8 Å². The summed E-state index contributed by atoms with van der Waals surface area (Å²) in [5.41, 5.74) is 2.44. The van der Waals surface area contributed by atoms with Crippen LogP contribution in [-0.2, 0) is 13.5 Å². The molecule has 1 N–H and O–H groups in total. The second-order valence-corrected chi connectivity index (χ2v) is 6.06. The zero-order valence-electron chi connectivity index (χ0n) is 11.1. The van der Waals surface area contributed by atoms with Crippen LogP contribution in [0.5, 0.6) is 0 Å². The molecule has 4 heteroatoms. The summed E-state index contributed by atoms with van der Waals surface area (Å²) in [5.74, 6) is 1.53. The van der Waals surface area contributed by atoms with Crippen LogP contribution in [0.3, 0.4) is 0 Å². The predicted octanol–water partition coefficient (Wildman–Crippen LogP) is 2.67. The molecule has 0 aliphatic heterocycles. The van der Waals surface area contributed by atoms with Crippen molar-refractivity contribution in [3.63, 3.8) is 0 Å². The van der Waals surface area contributed by atoms with Crippen molar-refractivity contribution < 1.29 is 0 Å². The molecule has 3 atom stereocenters. The molecule has 0 amide bonds. The van der Waals surface area contributed by atoms with Gasteiger partial charge in [0, 0.05) is 13.1 Å². The molecule has 17 heavy (non-hydrogen) atoms. The monoisotopic (exact) mass is 299 g/mol. The summed E-state index contributed by atoms with van der Waals surface area (Å²) >= 11 is 3.66. The SMILES string of the molecule is CNC1CCC(Cc2c(Br)c(C)nn2C)C1C. The van der Waals surface area contributed by atoms with E-state index in [1.807, 2.05) is 11.7 Å². The maximum absolute atomic E-state index is 4.47. The number of hydrogen-bond donors (Lipinski definition) is 1. The van der Waals surface area contributed by atoms with Gasteiger partial charge in [-0.15, -0.1) is 0 Å². The van der Waals surface area contributed by atoms with E-state index in [2.05, 4.69) is 47.2 Å². The minimum Gasteiger partial charge on any atom is -0.317 e. The van der Waals surface area contributed by atoms with Crippen molar-refractivity contribution in [2.45, 2.75) is 39.2 Å². The van der Waals surface area contributed by atoms with Crippen molar-refractivity contribution in [3.05, 3.63) is 15.9 Å². The number of halogens is 1. The van der Waals surface area contributed by atoms with Gasteiger partial charge in [0.1, 0.15) is 0 Å². The van der Waals surface area contributed by atoms with Crippen molar-refractivity contribution in [1.29, 1.82) is 0 Å². The first-order valence-corrected chi connectivity index (χ1v) is 7.19. The number of nitrogens with one attached hydrogen (secondary N) is 1. The summed E-state index contributed by atoms with van der Waals surface area (Å²) in [7, 11) is 4.12. The van der Waals surface area contributed by atoms with Crippen LogP contribution in [0.15, 0.2) is 4.47 Å². The number of nitrogens with zero attached hydrogens (tertiary/aromatic N) is 2. The summed E-state index contributed by atoms with van der Waals surface area (Å²) in [6.45, 7) is 4.43. The fourth-order valence-corrected chi connectivity index (χ4v) is 3.59. The number of aromatic nitrogens is 2. The van der Waals surface area contributed by atoms with Crippen LogP contribution in [-0.4, -0.2) is 22.9 Å². The van der Waals surface area contributed by atoms with E-state index < -0.39 is 0 Å². The Labute approximate surface area is 112 Å². The largest absolute Gasteiger partial charge is 0.317 e. The lowest BCUT2D eigenvalue weighted by Gasteiger charge is -2.20. The van der Waals surface area contributed by atoms with Crippen molar-refractivity contribution in [1.82, 2.24) is 15.1 Å². The third kappa shape index (κ3) is 2.43. The highest BCUT2D eigenvalue weighted by Crippen LogP contribution is 2.35. The van der Waals surface area contributed by atoms with Gasteiger partial charge in [-0.25, -0.2) is 0 Å². The maximum Gasteiger partial charge on any atom is 0.0738 e. The summed E-state index contributed by atoms with van der Waals surface area (Å²) in [6, 6.07) is 0.688. The van der Waals surface area contributed by atoms with Gasteiger partial charge in [0.15, 0.2) is 0 Å². The Morgan fingerprint density at radius 3 is 2.65 bits per heavy atom. The first-order chi connectivity index (χ1) is 8.04. The topological polar surface area (TPSA) is 29.9 Å². The average molecular weight is 300 g/mol. The summed E-state index contributed by atoms with van der Waals surface area (Å²) in [4.78, 5) is 0. The van der Waals surface area contributed by atoms with Gasteiger partial charge in [-0.1, -0.05) is 6.92 Å². The molecule has 1 aliphatic rings. The van der Waals surface area contributed by atoms with Gasteiger partial charge in [-0.05, 0) is 61.0 Å². The molecule has 1 aliphatic carbocycles. The number of rotatable bonds is 3. The molecule has 1 fully saturated rings. The van der Waals surface area contributed by atoms with E-state index in [0.717, 1.165) is 24.0 Å². The van der Waals surface area contributed by atoms with Crippen molar-refractivity contribution in [2.75, 3.05) is 7.05 Å². The van der Waals surface area contributed by atoms with Crippen molar-refractivity contribution >= 4 is 15.9 Å². The summed E-state index contributed by atoms with van der Waals surface area (Å²) < 4.78 is 3.22. The number of aryl methyl sites for hydroxylation is 2. The van der Waals surface area contributed by atoms with E-state index in [-0.39, 0.29) is 0 Å². The third-order valence-corrected chi connectivity index (χ3v) is 5.35. The molecule has 1 aromatic heterocycles. The van der Waals surface area contributed by atoms with Gasteiger partial charge in [-0.2, -0.15) is 5.10 Å². The summed E-state index contributed by atoms with van der Waals surface area (Å²) in [6.07, 6.45) is 3.76. The molecule has 0 radical (unpaired) electrons. The average Bonchev–Trinajstić information content (AvgIpc) is 2.75. The molecule has 0 aromatic carbocycles. The molecule has 0 saturated heterocycles. The standard InChI is InChI=1S/C13H22BrN3/c1-8-10(5-6-11(8)15-3)7-12-13(14)9(2)16-17(12)4/h8,10-11,15H,5-7H2,1-4H3. The molecular weight excluding hydrogens is 278 g/mol. The zero-order valence-corrected chi connectivity index (χ0v) is 12.7. The molecule has 1 saturated carbocycles. The van der Waals surface area contributed by atoms with Gasteiger partial charge >= 0.3 is 0 Å². The lowest BCUT2D eigenvalue weighted by molar-refractivity contribution is 0.358. The van der Waals surface area contributed by atoms with E-state index in [4.69, 9.17) is 0 Å². The van der Waals surface area contributed by atoms with Gasteiger partial charge < -0.3 is 5.32 Å². The highest BCUT2D eigenvalue weighted by Gasteiger charge is 2.32. The van der Waals surface area contributed by atoms with Crippen LogP contribution < -0.4 is 5.32 Å². The molecule has 3 unspecified atom stereocenters. The van der Waals surface area contributed by atoms with Gasteiger partial charge in [-0.3, -0.25) is 4.68 Å². The molecule has 0 bridgehead atoms. The van der Waals surface area contributed by atoms with Crippen LogP contribution in [0.1, 0.15) is 31.2 Å². The second-order valence-electron chi connectivity index (χ2n) is 5.27. The Kier molecular flexibility index (Phi) is 3.93. The van der Waals surface area contributed by atoms with E-state index in [1.54, 1.807) is 0 Å². The first kappa shape index (κ1) is 13.1. The summed E-state index contributed by atoms with van der Waals surface area (Å²) in [5, 5.41) is 7.90. The fraction of sp³-hybridized carbons (Fsp3) is 0.769. The molecule has 96 valence electrons. The van der Waals surface area contributed by atoms with E-state index in [1.165, 1.54) is 23.0 Å². The zero-order chi connectivity index (χ0) is 12.6. The lowest BCUT2D eigenvalue weighted by Crippen LogP contribution is -2.29. The Balaban J connectivity index is 2.11. The van der Waals surface area contributed by atoms with Crippen LogP contribution in [0.25, 0.3) is 0 Å². The molecule has 2 rings (SSSR count). The predicted molar refractivity (Wildman–Crippen MR) is 74.1 cm³/mol. The van der Waals surface area contributed by atoms with Gasteiger partial charge in [0.05, 0.1) is 15.9 Å². The van der Waals surface area contributed by atoms with E-state index in [0.29, 0.717) is 6.04 Å². The maximum atomic E-state index is 4.47. The Morgan fingerprint density at radius 1 is 1.47 bits per heavy atom. The minimum atomic E-state index is 0.688. The fourth-order valence-electron chi connectivity index (χ4n) is 3.09. The van der Waals surface area contributed by atoms with Crippen LogP contribution in [0.2, 0.25) is 0 Å². The van der Waals surface area contributed by atoms with E-state index in [9.17, 15) is 0 Å². The quantitative estimate of drug-likeness (QED) is 0.930. The molecule has 1 heterocycles. The smallest absolute Gasteiger partial charge is 0.0738 e. The van der Waals surface area contributed by atoms with Crippen molar-refractivity contribution in [2.24, 2.45) is 18.9 Å². The van der Waals surface area contributed by atoms with E-state index >= 15 is 0 Å². The number of hydrogen-bond acceptors (Lipinski definition) is 2. The highest BCUT2D eigenvalue weighted by atomic mass is 79.9. The van der Waals surface area contributed by atoms with Crippen LogP contribution >= 0.6 is 15.9 Å². The van der Waals surface area contributed by atoms with Crippen LogP contribution in [0.4, 0.5) is 0 Å². The second kappa shape index (κ2) is 5.11. The Bertz CT molecular complexity index is 400. The van der Waals surface area contributed by atoms with Gasteiger partial charge in [0.25, 0.3) is 0 Å². The molecular formula is C13H22BrN3. The Hall–Kier alpha value is -0.350. The third-order valence-electron chi connectivity index (χ3n) is 4.31. The molecule has 0 spiro atoms. The highest BCUT2D eigenvalue weighted by molar-refractivity contribution is 9.10. The first-order valence-electron chi connectivity index (χ1n) is 6.39. The Morgan fingerprint density at radius 2 is 2.18 bits per heavy atom. The molecule has 1 aromatic rings. The molecule has 3 nitrogen and oxygen atoms in total. The minimum absolute atomic E-state index is 0.688.